The summed E-state index contributed by atoms with van der Waals surface area (Å²) in [5, 5.41) is 9.18. The molecule has 1 atom stereocenters. The zero-order chi connectivity index (χ0) is 12.4. The second kappa shape index (κ2) is 4.79. The first-order chi connectivity index (χ1) is 8.09. The molecule has 0 saturated carbocycles. The highest BCUT2D eigenvalue weighted by molar-refractivity contribution is 5.75. The van der Waals surface area contributed by atoms with Crippen molar-refractivity contribution >= 4 is 5.97 Å². The van der Waals surface area contributed by atoms with Crippen LogP contribution in [0.1, 0.15) is 24.4 Å². The van der Waals surface area contributed by atoms with Gasteiger partial charge in [0.15, 0.2) is 0 Å². The Hall–Kier alpha value is -1.49. The van der Waals surface area contributed by atoms with Crippen LogP contribution in [0.15, 0.2) is 18.2 Å². The van der Waals surface area contributed by atoms with Crippen LogP contribution in [0.4, 0.5) is 8.78 Å². The van der Waals surface area contributed by atoms with Gasteiger partial charge in [0.1, 0.15) is 17.7 Å². The van der Waals surface area contributed by atoms with Crippen molar-refractivity contribution in [1.29, 1.82) is 0 Å². The molecule has 0 bridgehead atoms. The van der Waals surface area contributed by atoms with Gasteiger partial charge < -0.3 is 5.11 Å². The lowest BCUT2D eigenvalue weighted by Gasteiger charge is -2.24. The average molecular weight is 241 g/mol. The maximum absolute atomic E-state index is 13.6. The zero-order valence-electron chi connectivity index (χ0n) is 9.20. The fourth-order valence-electron chi connectivity index (χ4n) is 2.21. The number of carboxylic acids is 1. The molecule has 0 unspecified atom stereocenters. The number of nitrogens with zero attached hydrogens (tertiary/aromatic N) is 1. The molecular weight excluding hydrogens is 228 g/mol. The molecule has 2 rings (SSSR count). The van der Waals surface area contributed by atoms with E-state index in [4.69, 9.17) is 0 Å². The summed E-state index contributed by atoms with van der Waals surface area (Å²) in [6.07, 6.45) is 1.82. The van der Waals surface area contributed by atoms with E-state index in [0.29, 0.717) is 13.1 Å². The normalized spacial score (nSPS) is 18.2. The molecule has 0 radical (unpaired) electrons. The first kappa shape index (κ1) is 12.0. The Morgan fingerprint density at radius 3 is 2.47 bits per heavy atom. The molecule has 0 aromatic heterocycles. The van der Waals surface area contributed by atoms with Gasteiger partial charge in [-0.05, 0) is 32.0 Å². The number of hydrogen-bond donors (Lipinski definition) is 1. The molecular formula is C12H13F2NO2. The van der Waals surface area contributed by atoms with E-state index < -0.39 is 23.6 Å². The van der Waals surface area contributed by atoms with Crippen LogP contribution in [0.5, 0.6) is 0 Å². The molecule has 0 amide bonds. The summed E-state index contributed by atoms with van der Waals surface area (Å²) in [4.78, 5) is 12.9. The highest BCUT2D eigenvalue weighted by atomic mass is 19.1. The minimum atomic E-state index is -1.10. The van der Waals surface area contributed by atoms with Gasteiger partial charge in [-0.1, -0.05) is 6.07 Å². The van der Waals surface area contributed by atoms with Crippen molar-refractivity contribution in [2.75, 3.05) is 13.1 Å². The number of rotatable bonds is 3. The Morgan fingerprint density at radius 1 is 1.29 bits per heavy atom. The van der Waals surface area contributed by atoms with Crippen molar-refractivity contribution in [3.8, 4) is 0 Å². The fourth-order valence-corrected chi connectivity index (χ4v) is 2.21. The minimum Gasteiger partial charge on any atom is -0.480 e. The van der Waals surface area contributed by atoms with Crippen molar-refractivity contribution < 1.29 is 18.7 Å². The van der Waals surface area contributed by atoms with Gasteiger partial charge >= 0.3 is 5.97 Å². The van der Waals surface area contributed by atoms with Crippen LogP contribution in [0, 0.1) is 11.6 Å². The number of likely N-dealkylation sites (tertiary alicyclic amines) is 1. The van der Waals surface area contributed by atoms with Crippen LogP contribution in [0.3, 0.4) is 0 Å². The Balaban J connectivity index is 2.35. The van der Waals surface area contributed by atoms with E-state index in [2.05, 4.69) is 0 Å². The van der Waals surface area contributed by atoms with E-state index in [9.17, 15) is 18.7 Å². The van der Waals surface area contributed by atoms with Crippen LogP contribution in [-0.4, -0.2) is 29.1 Å². The molecule has 1 aliphatic rings. The summed E-state index contributed by atoms with van der Waals surface area (Å²) >= 11 is 0. The molecule has 1 aliphatic heterocycles. The molecule has 3 nitrogen and oxygen atoms in total. The number of hydrogen-bond acceptors (Lipinski definition) is 2. The van der Waals surface area contributed by atoms with Gasteiger partial charge in [-0.25, -0.2) is 8.78 Å². The number of aliphatic carboxylic acids is 1. The third-order valence-electron chi connectivity index (χ3n) is 3.00. The van der Waals surface area contributed by atoms with Crippen molar-refractivity contribution in [2.45, 2.75) is 18.9 Å². The third-order valence-corrected chi connectivity index (χ3v) is 3.00. The maximum Gasteiger partial charge on any atom is 0.325 e. The summed E-state index contributed by atoms with van der Waals surface area (Å²) in [6, 6.07) is 2.01. The Morgan fingerprint density at radius 2 is 1.94 bits per heavy atom. The second-order valence-corrected chi connectivity index (χ2v) is 4.15. The Bertz CT molecular complexity index is 431. The van der Waals surface area contributed by atoms with Gasteiger partial charge in [0.05, 0.1) is 0 Å². The highest BCUT2D eigenvalue weighted by Gasteiger charge is 2.31. The predicted octanol–water partition coefficient (Wildman–Crippen LogP) is 2.19. The van der Waals surface area contributed by atoms with Gasteiger partial charge in [0.25, 0.3) is 0 Å². The van der Waals surface area contributed by atoms with Crippen LogP contribution >= 0.6 is 0 Å². The second-order valence-electron chi connectivity index (χ2n) is 4.15. The lowest BCUT2D eigenvalue weighted by atomic mass is 10.0. The fraction of sp³-hybridized carbons (Fsp3) is 0.417. The van der Waals surface area contributed by atoms with Crippen molar-refractivity contribution in [3.05, 3.63) is 35.4 Å². The molecule has 1 N–H and O–H groups in total. The van der Waals surface area contributed by atoms with E-state index in [1.807, 2.05) is 0 Å². The van der Waals surface area contributed by atoms with Crippen LogP contribution in [0.2, 0.25) is 0 Å². The summed E-state index contributed by atoms with van der Waals surface area (Å²) in [7, 11) is 0. The summed E-state index contributed by atoms with van der Waals surface area (Å²) in [6.45, 7) is 1.27. The third kappa shape index (κ3) is 2.44. The largest absolute Gasteiger partial charge is 0.480 e. The summed E-state index contributed by atoms with van der Waals surface area (Å²) in [5.41, 5.74) is 0.0285. The van der Waals surface area contributed by atoms with E-state index in [-0.39, 0.29) is 5.56 Å². The molecule has 17 heavy (non-hydrogen) atoms. The molecule has 0 spiro atoms. The van der Waals surface area contributed by atoms with E-state index in [0.717, 1.165) is 25.0 Å². The highest BCUT2D eigenvalue weighted by Crippen LogP contribution is 2.27. The van der Waals surface area contributed by atoms with Crippen molar-refractivity contribution in [3.63, 3.8) is 0 Å². The van der Waals surface area contributed by atoms with Crippen molar-refractivity contribution in [2.24, 2.45) is 0 Å². The number of halogens is 2. The average Bonchev–Trinajstić information content (AvgIpc) is 2.74. The predicted molar refractivity (Wildman–Crippen MR) is 57.5 cm³/mol. The van der Waals surface area contributed by atoms with E-state index in [1.54, 1.807) is 4.90 Å². The molecule has 0 aliphatic carbocycles. The molecule has 5 heteroatoms. The van der Waals surface area contributed by atoms with E-state index in [1.165, 1.54) is 6.07 Å². The smallest absolute Gasteiger partial charge is 0.325 e. The Labute approximate surface area is 97.7 Å². The number of benzene rings is 1. The van der Waals surface area contributed by atoms with Gasteiger partial charge in [-0.15, -0.1) is 0 Å². The van der Waals surface area contributed by atoms with E-state index >= 15 is 0 Å². The molecule has 1 fully saturated rings. The zero-order valence-corrected chi connectivity index (χ0v) is 9.20. The summed E-state index contributed by atoms with van der Waals surface area (Å²) in [5.74, 6) is -2.60. The topological polar surface area (TPSA) is 40.5 Å². The lowest BCUT2D eigenvalue weighted by molar-refractivity contribution is -0.143. The van der Waals surface area contributed by atoms with Crippen molar-refractivity contribution in [1.82, 2.24) is 4.90 Å². The first-order valence-electron chi connectivity index (χ1n) is 5.51. The minimum absolute atomic E-state index is 0.0285. The number of carbonyl (C=O) groups is 1. The van der Waals surface area contributed by atoms with Crippen LogP contribution < -0.4 is 0 Å². The number of carboxylic acid groups (broad SMARTS) is 1. The van der Waals surface area contributed by atoms with Crippen LogP contribution in [0.25, 0.3) is 0 Å². The van der Waals surface area contributed by atoms with Gasteiger partial charge in [0.2, 0.25) is 0 Å². The van der Waals surface area contributed by atoms with Gasteiger partial charge in [-0.2, -0.15) is 0 Å². The maximum atomic E-state index is 13.6. The first-order valence-corrected chi connectivity index (χ1v) is 5.51. The van der Waals surface area contributed by atoms with Crippen LogP contribution in [-0.2, 0) is 4.79 Å². The monoisotopic (exact) mass is 241 g/mol. The Kier molecular flexibility index (Phi) is 3.38. The molecule has 1 aromatic carbocycles. The molecule has 1 heterocycles. The molecule has 1 aromatic rings. The quantitative estimate of drug-likeness (QED) is 0.881. The van der Waals surface area contributed by atoms with Gasteiger partial charge in [-0.3, -0.25) is 9.69 Å². The van der Waals surface area contributed by atoms with Gasteiger partial charge in [0, 0.05) is 11.6 Å². The lowest BCUT2D eigenvalue weighted by Crippen LogP contribution is -2.32. The SMILES string of the molecule is O=C(O)[C@H](c1ccc(F)cc1F)N1CCCC1. The summed E-state index contributed by atoms with van der Waals surface area (Å²) < 4.78 is 26.4. The standard InChI is InChI=1S/C12H13F2NO2/c13-8-3-4-9(10(14)7-8)11(12(16)17)15-5-1-2-6-15/h3-4,7,11H,1-2,5-6H2,(H,16,17)/t11-/m0/s1. The molecule has 1 saturated heterocycles. The molecule has 92 valence electrons.